The minimum atomic E-state index is 0.348. The van der Waals surface area contributed by atoms with Crippen LogP contribution in [-0.4, -0.2) is 49.8 Å². The van der Waals surface area contributed by atoms with E-state index in [0.29, 0.717) is 5.92 Å². The van der Waals surface area contributed by atoms with Crippen molar-refractivity contribution in [1.82, 2.24) is 4.90 Å². The number of aldehydes is 2. The number of aliphatic hydroxyl groups is 1. The lowest BCUT2D eigenvalue weighted by atomic mass is 9.99. The molecule has 4 nitrogen and oxygen atoms in total. The Morgan fingerprint density at radius 3 is 2.00 bits per heavy atom. The topological polar surface area (TPSA) is 57.6 Å². The summed E-state index contributed by atoms with van der Waals surface area (Å²) in [6, 6.07) is 9.10. The molecular weight excluding hydrogens is 242 g/mol. The number of likely N-dealkylation sites (tertiary alicyclic amines) is 1. The lowest BCUT2D eigenvalue weighted by molar-refractivity contribution is -0.112. The smallest absolute Gasteiger partial charge is 0.150 e. The van der Waals surface area contributed by atoms with Gasteiger partial charge in [0.2, 0.25) is 0 Å². The Morgan fingerprint density at radius 1 is 1.11 bits per heavy atom. The maximum atomic E-state index is 10.2. The van der Waals surface area contributed by atoms with Gasteiger partial charge in [-0.05, 0) is 33.0 Å². The van der Waals surface area contributed by atoms with Gasteiger partial charge in [0.05, 0.1) is 0 Å². The third-order valence-corrected chi connectivity index (χ3v) is 2.89. The van der Waals surface area contributed by atoms with Crippen LogP contribution < -0.4 is 0 Å². The van der Waals surface area contributed by atoms with Gasteiger partial charge < -0.3 is 14.8 Å². The molecule has 0 radical (unpaired) electrons. The molecule has 0 unspecified atom stereocenters. The zero-order chi connectivity index (χ0) is 14.5. The SMILES string of the molecule is CN1CCC(C=O)CC1.CO.O=Cc1ccccc1. The molecule has 1 fully saturated rings. The number of carbonyl (C=O) groups excluding carboxylic acids is 2. The predicted molar refractivity (Wildman–Crippen MR) is 76.3 cm³/mol. The fourth-order valence-electron chi connectivity index (χ4n) is 1.70. The normalized spacial score (nSPS) is 15.3. The van der Waals surface area contributed by atoms with Gasteiger partial charge in [0, 0.05) is 18.6 Å². The monoisotopic (exact) mass is 265 g/mol. The average molecular weight is 265 g/mol. The van der Waals surface area contributed by atoms with E-state index in [9.17, 15) is 9.59 Å². The minimum absolute atomic E-state index is 0.348. The van der Waals surface area contributed by atoms with Gasteiger partial charge in [0.1, 0.15) is 12.6 Å². The second-order valence-electron chi connectivity index (χ2n) is 4.31. The van der Waals surface area contributed by atoms with Crippen molar-refractivity contribution in [1.29, 1.82) is 0 Å². The predicted octanol–water partition coefficient (Wildman–Crippen LogP) is 1.63. The van der Waals surface area contributed by atoms with Crippen LogP contribution in [0.1, 0.15) is 23.2 Å². The van der Waals surface area contributed by atoms with E-state index in [1.165, 1.54) is 0 Å². The molecule has 106 valence electrons. The number of hydrogen-bond acceptors (Lipinski definition) is 4. The Labute approximate surface area is 115 Å². The fraction of sp³-hybridized carbons (Fsp3) is 0.467. The molecule has 0 spiro atoms. The molecule has 1 heterocycles. The lowest BCUT2D eigenvalue weighted by Gasteiger charge is -2.25. The second-order valence-corrected chi connectivity index (χ2v) is 4.31. The Kier molecular flexibility index (Phi) is 10.6. The minimum Gasteiger partial charge on any atom is -0.400 e. The van der Waals surface area contributed by atoms with E-state index in [-0.39, 0.29) is 0 Å². The van der Waals surface area contributed by atoms with E-state index in [2.05, 4.69) is 11.9 Å². The molecule has 1 N–H and O–H groups in total. The van der Waals surface area contributed by atoms with Gasteiger partial charge in [-0.1, -0.05) is 30.3 Å². The number of piperidine rings is 1. The van der Waals surface area contributed by atoms with E-state index in [0.717, 1.165) is 51.2 Å². The van der Waals surface area contributed by atoms with Crippen molar-refractivity contribution in [2.45, 2.75) is 12.8 Å². The van der Waals surface area contributed by atoms with Crippen molar-refractivity contribution in [2.75, 3.05) is 27.2 Å². The highest BCUT2D eigenvalue weighted by Gasteiger charge is 2.14. The summed E-state index contributed by atoms with van der Waals surface area (Å²) in [5, 5.41) is 7.00. The molecule has 19 heavy (non-hydrogen) atoms. The number of carbonyl (C=O) groups is 2. The molecule has 1 aromatic rings. The summed E-state index contributed by atoms with van der Waals surface area (Å²) in [6.45, 7) is 2.17. The van der Waals surface area contributed by atoms with Gasteiger partial charge in [-0.2, -0.15) is 0 Å². The van der Waals surface area contributed by atoms with Crippen LogP contribution in [0.5, 0.6) is 0 Å². The zero-order valence-corrected chi connectivity index (χ0v) is 11.7. The molecule has 1 aliphatic heterocycles. The zero-order valence-electron chi connectivity index (χ0n) is 11.7. The Hall–Kier alpha value is -1.52. The molecule has 1 aromatic carbocycles. The van der Waals surface area contributed by atoms with Crippen molar-refractivity contribution >= 4 is 12.6 Å². The molecule has 4 heteroatoms. The number of benzene rings is 1. The summed E-state index contributed by atoms with van der Waals surface area (Å²) < 4.78 is 0. The van der Waals surface area contributed by atoms with E-state index >= 15 is 0 Å². The van der Waals surface area contributed by atoms with Gasteiger partial charge in [0.15, 0.2) is 0 Å². The van der Waals surface area contributed by atoms with Crippen molar-refractivity contribution in [2.24, 2.45) is 5.92 Å². The quantitative estimate of drug-likeness (QED) is 0.826. The van der Waals surface area contributed by atoms with Crippen LogP contribution in [-0.2, 0) is 4.79 Å². The average Bonchev–Trinajstić information content (AvgIpc) is 2.51. The van der Waals surface area contributed by atoms with Crippen LogP contribution in [0.25, 0.3) is 0 Å². The van der Waals surface area contributed by atoms with Crippen LogP contribution in [0, 0.1) is 5.92 Å². The molecule has 0 amide bonds. The van der Waals surface area contributed by atoms with E-state index in [1.54, 1.807) is 12.1 Å². The number of nitrogens with zero attached hydrogens (tertiary/aromatic N) is 1. The summed E-state index contributed by atoms with van der Waals surface area (Å²) >= 11 is 0. The summed E-state index contributed by atoms with van der Waals surface area (Å²) in [6.07, 6.45) is 4.03. The third-order valence-electron chi connectivity index (χ3n) is 2.89. The van der Waals surface area contributed by atoms with E-state index in [4.69, 9.17) is 5.11 Å². The van der Waals surface area contributed by atoms with Gasteiger partial charge >= 0.3 is 0 Å². The molecule has 0 aromatic heterocycles. The number of aliphatic hydroxyl groups excluding tert-OH is 1. The van der Waals surface area contributed by atoms with Crippen LogP contribution in [0.15, 0.2) is 30.3 Å². The van der Waals surface area contributed by atoms with Crippen LogP contribution in [0.3, 0.4) is 0 Å². The van der Waals surface area contributed by atoms with Crippen molar-refractivity contribution in [3.8, 4) is 0 Å². The molecule has 2 rings (SSSR count). The molecule has 0 saturated carbocycles. The third kappa shape index (κ3) is 8.24. The van der Waals surface area contributed by atoms with Gasteiger partial charge in [0.25, 0.3) is 0 Å². The molecule has 0 bridgehead atoms. The fourth-order valence-corrected chi connectivity index (χ4v) is 1.70. The molecule has 1 saturated heterocycles. The second kappa shape index (κ2) is 11.6. The first-order valence-corrected chi connectivity index (χ1v) is 6.35. The van der Waals surface area contributed by atoms with Gasteiger partial charge in [-0.15, -0.1) is 0 Å². The highest BCUT2D eigenvalue weighted by Crippen LogP contribution is 2.12. The highest BCUT2D eigenvalue weighted by atomic mass is 16.2. The molecule has 1 aliphatic rings. The Morgan fingerprint density at radius 2 is 1.63 bits per heavy atom. The van der Waals surface area contributed by atoms with Crippen molar-refractivity contribution in [3.63, 3.8) is 0 Å². The molecule has 0 atom stereocenters. The largest absolute Gasteiger partial charge is 0.400 e. The van der Waals surface area contributed by atoms with Gasteiger partial charge in [-0.25, -0.2) is 0 Å². The Balaban J connectivity index is 0.000000303. The summed E-state index contributed by atoms with van der Waals surface area (Å²) in [5.41, 5.74) is 0.729. The van der Waals surface area contributed by atoms with Crippen LogP contribution >= 0.6 is 0 Å². The summed E-state index contributed by atoms with van der Waals surface area (Å²) in [5.74, 6) is 0.348. The van der Waals surface area contributed by atoms with Crippen LogP contribution in [0.4, 0.5) is 0 Å². The Bertz CT molecular complexity index is 333. The maximum absolute atomic E-state index is 10.2. The molecule has 0 aliphatic carbocycles. The lowest BCUT2D eigenvalue weighted by Crippen LogP contribution is -2.30. The van der Waals surface area contributed by atoms with Crippen LogP contribution in [0.2, 0.25) is 0 Å². The summed E-state index contributed by atoms with van der Waals surface area (Å²) in [4.78, 5) is 22.5. The number of rotatable bonds is 2. The molecular formula is C15H23NO3. The van der Waals surface area contributed by atoms with E-state index in [1.807, 2.05) is 18.2 Å². The first kappa shape index (κ1) is 17.5. The number of hydrogen-bond donors (Lipinski definition) is 1. The van der Waals surface area contributed by atoms with Crippen molar-refractivity contribution in [3.05, 3.63) is 35.9 Å². The first-order valence-electron chi connectivity index (χ1n) is 6.35. The highest BCUT2D eigenvalue weighted by molar-refractivity contribution is 5.74. The van der Waals surface area contributed by atoms with Crippen molar-refractivity contribution < 1.29 is 14.7 Å². The standard InChI is InChI=1S/C7H13NO.C7H6O.CH4O/c1-8-4-2-7(6-9)3-5-8;8-6-7-4-2-1-3-5-7;1-2/h6-7H,2-5H2,1H3;1-6H;2H,1H3. The van der Waals surface area contributed by atoms with Gasteiger partial charge in [-0.3, -0.25) is 4.79 Å². The van der Waals surface area contributed by atoms with E-state index < -0.39 is 0 Å². The first-order chi connectivity index (χ1) is 9.26. The summed E-state index contributed by atoms with van der Waals surface area (Å²) in [7, 11) is 3.10. The maximum Gasteiger partial charge on any atom is 0.150 e.